The number of nitrogens with zero attached hydrogens (tertiary/aromatic N) is 1. The molecule has 0 unspecified atom stereocenters. The number of carbonyl (C=O) groups is 1. The Morgan fingerprint density at radius 2 is 2.17 bits per heavy atom. The van der Waals surface area contributed by atoms with Gasteiger partial charge in [0.15, 0.2) is 0 Å². The summed E-state index contributed by atoms with van der Waals surface area (Å²) < 4.78 is 5.70. The van der Waals surface area contributed by atoms with Crippen molar-refractivity contribution in [1.29, 1.82) is 0 Å². The highest BCUT2D eigenvalue weighted by molar-refractivity contribution is 9.10. The van der Waals surface area contributed by atoms with Crippen LogP contribution in [0.3, 0.4) is 0 Å². The van der Waals surface area contributed by atoms with Gasteiger partial charge in [-0.05, 0) is 24.3 Å². The number of aromatic nitrogens is 2. The quantitative estimate of drug-likeness (QED) is 0.761. The van der Waals surface area contributed by atoms with Gasteiger partial charge in [0.25, 0.3) is 0 Å². The Bertz CT molecular complexity index is 745. The Hall–Kier alpha value is -2.08. The average molecular weight is 307 g/mol. The molecule has 1 aromatic carbocycles. The summed E-state index contributed by atoms with van der Waals surface area (Å²) in [6, 6.07) is 9.11. The summed E-state index contributed by atoms with van der Waals surface area (Å²) in [7, 11) is 0. The summed E-state index contributed by atoms with van der Waals surface area (Å²) in [6.45, 7) is 0. The Morgan fingerprint density at radius 3 is 2.89 bits per heavy atom. The van der Waals surface area contributed by atoms with Gasteiger partial charge in [0, 0.05) is 21.4 Å². The molecule has 6 heteroatoms. The maximum absolute atomic E-state index is 10.7. The summed E-state index contributed by atoms with van der Waals surface area (Å²) in [5.41, 5.74) is 2.15. The number of aromatic carboxylic acids is 1. The van der Waals surface area contributed by atoms with Crippen LogP contribution >= 0.6 is 15.9 Å². The first-order valence-electron chi connectivity index (χ1n) is 5.12. The van der Waals surface area contributed by atoms with E-state index in [4.69, 9.17) is 9.63 Å². The van der Waals surface area contributed by atoms with Crippen molar-refractivity contribution in [3.63, 3.8) is 0 Å². The van der Waals surface area contributed by atoms with Crippen LogP contribution in [0.5, 0.6) is 0 Å². The third kappa shape index (κ3) is 1.80. The first kappa shape index (κ1) is 11.0. The van der Waals surface area contributed by atoms with Crippen molar-refractivity contribution >= 4 is 32.8 Å². The molecule has 0 aliphatic heterocycles. The first-order valence-corrected chi connectivity index (χ1v) is 5.91. The average Bonchev–Trinajstić information content (AvgIpc) is 2.93. The lowest BCUT2D eigenvalue weighted by Gasteiger charge is -1.89. The third-order valence-electron chi connectivity index (χ3n) is 2.58. The van der Waals surface area contributed by atoms with Crippen molar-refractivity contribution in [1.82, 2.24) is 10.1 Å². The zero-order chi connectivity index (χ0) is 12.7. The number of carboxylic acid groups (broad SMARTS) is 1. The van der Waals surface area contributed by atoms with Crippen LogP contribution < -0.4 is 0 Å². The Labute approximate surface area is 110 Å². The van der Waals surface area contributed by atoms with E-state index in [0.29, 0.717) is 5.69 Å². The van der Waals surface area contributed by atoms with Gasteiger partial charge in [-0.1, -0.05) is 21.1 Å². The minimum Gasteiger partial charge on any atom is -0.475 e. The van der Waals surface area contributed by atoms with Gasteiger partial charge in [-0.3, -0.25) is 0 Å². The molecule has 0 spiro atoms. The molecule has 0 radical (unpaired) electrons. The van der Waals surface area contributed by atoms with Crippen LogP contribution in [-0.4, -0.2) is 21.2 Å². The van der Waals surface area contributed by atoms with Crippen molar-refractivity contribution in [3.8, 4) is 11.4 Å². The molecule has 0 saturated carbocycles. The monoisotopic (exact) mass is 306 g/mol. The molecule has 0 amide bonds. The molecular formula is C12H7BrN2O3. The standard InChI is InChI=1S/C12H7BrN2O3/c13-7-1-2-8-6(3-7)4-9(14-8)10-5-11(12(16)17)18-15-10/h1-5,14H,(H,16,17). The topological polar surface area (TPSA) is 79.1 Å². The molecule has 3 rings (SSSR count). The van der Waals surface area contributed by atoms with E-state index >= 15 is 0 Å². The molecule has 0 aliphatic rings. The predicted octanol–water partition coefficient (Wildman–Crippen LogP) is 3.28. The van der Waals surface area contributed by atoms with Crippen LogP contribution in [0.4, 0.5) is 0 Å². The van der Waals surface area contributed by atoms with Crippen LogP contribution in [0.1, 0.15) is 10.6 Å². The zero-order valence-electron chi connectivity index (χ0n) is 8.98. The SMILES string of the molecule is O=C(O)c1cc(-c2cc3cc(Br)ccc3[nH]2)no1. The van der Waals surface area contributed by atoms with Crippen molar-refractivity contribution in [3.05, 3.63) is 40.6 Å². The van der Waals surface area contributed by atoms with Gasteiger partial charge in [0.2, 0.25) is 5.76 Å². The molecule has 3 aromatic rings. The maximum Gasteiger partial charge on any atom is 0.374 e. The number of carboxylic acids is 1. The van der Waals surface area contributed by atoms with Crippen LogP contribution in [0.2, 0.25) is 0 Å². The fraction of sp³-hybridized carbons (Fsp3) is 0. The van der Waals surface area contributed by atoms with E-state index in [1.54, 1.807) is 0 Å². The van der Waals surface area contributed by atoms with E-state index in [1.807, 2.05) is 24.3 Å². The molecule has 2 aromatic heterocycles. The summed E-state index contributed by atoms with van der Waals surface area (Å²) in [5, 5.41) is 13.5. The number of hydrogen-bond donors (Lipinski definition) is 2. The second-order valence-corrected chi connectivity index (χ2v) is 4.71. The van der Waals surface area contributed by atoms with Crippen LogP contribution in [-0.2, 0) is 0 Å². The number of hydrogen-bond acceptors (Lipinski definition) is 3. The second kappa shape index (κ2) is 3.99. The second-order valence-electron chi connectivity index (χ2n) is 3.80. The zero-order valence-corrected chi connectivity index (χ0v) is 10.6. The number of H-pyrrole nitrogens is 1. The van der Waals surface area contributed by atoms with Gasteiger partial charge in [0.05, 0.1) is 5.69 Å². The Kier molecular flexibility index (Phi) is 2.45. The molecule has 2 heterocycles. The number of halogens is 1. The normalized spacial score (nSPS) is 10.9. The minimum atomic E-state index is -1.13. The highest BCUT2D eigenvalue weighted by Gasteiger charge is 2.13. The third-order valence-corrected chi connectivity index (χ3v) is 3.07. The summed E-state index contributed by atoms with van der Waals surface area (Å²) in [5.74, 6) is -1.31. The van der Waals surface area contributed by atoms with Crippen molar-refractivity contribution in [2.45, 2.75) is 0 Å². The first-order chi connectivity index (χ1) is 8.63. The number of nitrogens with one attached hydrogen (secondary N) is 1. The predicted molar refractivity (Wildman–Crippen MR) is 68.5 cm³/mol. The summed E-state index contributed by atoms with van der Waals surface area (Å²) >= 11 is 3.40. The van der Waals surface area contributed by atoms with E-state index in [2.05, 4.69) is 26.1 Å². The summed E-state index contributed by atoms with van der Waals surface area (Å²) in [4.78, 5) is 13.9. The summed E-state index contributed by atoms with van der Waals surface area (Å²) in [6.07, 6.45) is 0. The molecule has 0 atom stereocenters. The van der Waals surface area contributed by atoms with Gasteiger partial charge in [-0.15, -0.1) is 0 Å². The van der Waals surface area contributed by atoms with Gasteiger partial charge in [-0.25, -0.2) is 4.79 Å². The number of fused-ring (bicyclic) bond motifs is 1. The highest BCUT2D eigenvalue weighted by atomic mass is 79.9. The Morgan fingerprint density at radius 1 is 1.33 bits per heavy atom. The largest absolute Gasteiger partial charge is 0.475 e. The van der Waals surface area contributed by atoms with E-state index in [9.17, 15) is 4.79 Å². The van der Waals surface area contributed by atoms with Crippen LogP contribution in [0, 0.1) is 0 Å². The van der Waals surface area contributed by atoms with Crippen LogP contribution in [0.15, 0.2) is 39.3 Å². The van der Waals surface area contributed by atoms with Gasteiger partial charge in [-0.2, -0.15) is 0 Å². The maximum atomic E-state index is 10.7. The van der Waals surface area contributed by atoms with E-state index < -0.39 is 5.97 Å². The molecule has 2 N–H and O–H groups in total. The fourth-order valence-electron chi connectivity index (χ4n) is 1.74. The highest BCUT2D eigenvalue weighted by Crippen LogP contribution is 2.26. The number of benzene rings is 1. The van der Waals surface area contributed by atoms with E-state index in [-0.39, 0.29) is 5.76 Å². The smallest absolute Gasteiger partial charge is 0.374 e. The lowest BCUT2D eigenvalue weighted by molar-refractivity contribution is 0.0652. The molecule has 0 fully saturated rings. The molecule has 18 heavy (non-hydrogen) atoms. The van der Waals surface area contributed by atoms with Crippen LogP contribution in [0.25, 0.3) is 22.3 Å². The van der Waals surface area contributed by atoms with E-state index in [0.717, 1.165) is 21.1 Å². The van der Waals surface area contributed by atoms with Gasteiger partial charge < -0.3 is 14.6 Å². The molecule has 5 nitrogen and oxygen atoms in total. The lowest BCUT2D eigenvalue weighted by Crippen LogP contribution is -1.91. The molecule has 0 aliphatic carbocycles. The van der Waals surface area contributed by atoms with Gasteiger partial charge in [0.1, 0.15) is 5.69 Å². The Balaban J connectivity index is 2.10. The molecular weight excluding hydrogens is 300 g/mol. The number of aromatic amines is 1. The van der Waals surface area contributed by atoms with Crippen molar-refractivity contribution in [2.75, 3.05) is 0 Å². The minimum absolute atomic E-state index is 0.176. The molecule has 0 saturated heterocycles. The number of rotatable bonds is 2. The van der Waals surface area contributed by atoms with Gasteiger partial charge >= 0.3 is 5.97 Å². The van der Waals surface area contributed by atoms with Crippen molar-refractivity contribution < 1.29 is 14.4 Å². The fourth-order valence-corrected chi connectivity index (χ4v) is 2.12. The molecule has 90 valence electrons. The van der Waals surface area contributed by atoms with E-state index in [1.165, 1.54) is 6.07 Å². The lowest BCUT2D eigenvalue weighted by atomic mass is 10.2. The molecule has 0 bridgehead atoms. The van der Waals surface area contributed by atoms with Crippen molar-refractivity contribution in [2.24, 2.45) is 0 Å².